The van der Waals surface area contributed by atoms with Crippen molar-refractivity contribution in [1.82, 2.24) is 9.71 Å². The second kappa shape index (κ2) is 9.08. The van der Waals surface area contributed by atoms with E-state index in [-0.39, 0.29) is 16.9 Å². The SMILES string of the molecule is Cc1ccc(-c2ccc(S(=O)(=O)NC(c3cccnc3)C3CCOCC3)cc2)cc1. The van der Waals surface area contributed by atoms with Gasteiger partial charge in [-0.15, -0.1) is 0 Å². The zero-order valence-electron chi connectivity index (χ0n) is 17.0. The topological polar surface area (TPSA) is 68.3 Å². The molecule has 6 heteroatoms. The van der Waals surface area contributed by atoms with Crippen molar-refractivity contribution in [2.45, 2.75) is 30.7 Å². The number of aromatic nitrogens is 1. The van der Waals surface area contributed by atoms with Gasteiger partial charge in [-0.3, -0.25) is 4.98 Å². The second-order valence-corrected chi connectivity index (χ2v) is 9.44. The van der Waals surface area contributed by atoms with E-state index in [4.69, 9.17) is 4.74 Å². The Morgan fingerprint density at radius 3 is 2.20 bits per heavy atom. The van der Waals surface area contributed by atoms with E-state index in [9.17, 15) is 8.42 Å². The van der Waals surface area contributed by atoms with Crippen LogP contribution in [0, 0.1) is 12.8 Å². The van der Waals surface area contributed by atoms with Crippen LogP contribution in [-0.4, -0.2) is 26.6 Å². The van der Waals surface area contributed by atoms with E-state index in [1.54, 1.807) is 24.5 Å². The summed E-state index contributed by atoms with van der Waals surface area (Å²) in [7, 11) is -3.68. The number of pyridine rings is 1. The molecule has 0 amide bonds. The average Bonchev–Trinajstić information content (AvgIpc) is 2.79. The lowest BCUT2D eigenvalue weighted by Gasteiger charge is -2.31. The third-order valence-electron chi connectivity index (χ3n) is 5.61. The van der Waals surface area contributed by atoms with Gasteiger partial charge >= 0.3 is 0 Å². The number of benzene rings is 2. The molecular weight excluding hydrogens is 396 g/mol. The highest BCUT2D eigenvalue weighted by Gasteiger charge is 2.30. The van der Waals surface area contributed by atoms with Gasteiger partial charge in [0.05, 0.1) is 10.9 Å². The Hall–Kier alpha value is -2.54. The zero-order valence-corrected chi connectivity index (χ0v) is 17.8. The molecule has 0 radical (unpaired) electrons. The molecule has 1 aromatic heterocycles. The Morgan fingerprint density at radius 1 is 0.967 bits per heavy atom. The molecule has 5 nitrogen and oxygen atoms in total. The zero-order chi connectivity index (χ0) is 21.0. The molecular formula is C24H26N2O3S. The van der Waals surface area contributed by atoms with Crippen LogP contribution in [0.2, 0.25) is 0 Å². The van der Waals surface area contributed by atoms with E-state index in [0.29, 0.717) is 13.2 Å². The summed E-state index contributed by atoms with van der Waals surface area (Å²) in [6, 6.07) is 18.7. The van der Waals surface area contributed by atoms with Crippen LogP contribution in [0.25, 0.3) is 11.1 Å². The third kappa shape index (κ3) is 4.78. The molecule has 2 heterocycles. The van der Waals surface area contributed by atoms with Crippen molar-refractivity contribution in [3.05, 3.63) is 84.2 Å². The number of nitrogens with zero attached hydrogens (tertiary/aromatic N) is 1. The first kappa shape index (κ1) is 20.7. The van der Waals surface area contributed by atoms with Gasteiger partial charge in [0.2, 0.25) is 10.0 Å². The molecule has 0 saturated carbocycles. The third-order valence-corrected chi connectivity index (χ3v) is 7.07. The molecule has 1 unspecified atom stereocenters. The number of hydrogen-bond acceptors (Lipinski definition) is 4. The fourth-order valence-electron chi connectivity index (χ4n) is 3.85. The van der Waals surface area contributed by atoms with Crippen LogP contribution in [0.1, 0.15) is 30.0 Å². The van der Waals surface area contributed by atoms with Crippen molar-refractivity contribution in [2.24, 2.45) is 5.92 Å². The Bertz CT molecular complexity index is 1060. The van der Waals surface area contributed by atoms with Crippen molar-refractivity contribution in [3.8, 4) is 11.1 Å². The summed E-state index contributed by atoms with van der Waals surface area (Å²) in [6.07, 6.45) is 5.06. The van der Waals surface area contributed by atoms with Crippen LogP contribution < -0.4 is 4.72 Å². The van der Waals surface area contributed by atoms with Crippen molar-refractivity contribution in [2.75, 3.05) is 13.2 Å². The van der Waals surface area contributed by atoms with Crippen LogP contribution >= 0.6 is 0 Å². The van der Waals surface area contributed by atoms with E-state index in [1.807, 2.05) is 55.5 Å². The fraction of sp³-hybridized carbons (Fsp3) is 0.292. The maximum Gasteiger partial charge on any atom is 0.241 e. The van der Waals surface area contributed by atoms with Crippen molar-refractivity contribution < 1.29 is 13.2 Å². The number of nitrogens with one attached hydrogen (secondary N) is 1. The number of aryl methyl sites for hydroxylation is 1. The number of ether oxygens (including phenoxy) is 1. The van der Waals surface area contributed by atoms with E-state index in [1.165, 1.54) is 5.56 Å². The van der Waals surface area contributed by atoms with Crippen LogP contribution in [0.3, 0.4) is 0 Å². The molecule has 1 aliphatic rings. The lowest BCUT2D eigenvalue weighted by molar-refractivity contribution is 0.0564. The quantitative estimate of drug-likeness (QED) is 0.635. The van der Waals surface area contributed by atoms with E-state index in [2.05, 4.69) is 9.71 Å². The summed E-state index contributed by atoms with van der Waals surface area (Å²) in [5, 5.41) is 0. The maximum atomic E-state index is 13.2. The summed E-state index contributed by atoms with van der Waals surface area (Å²) in [4.78, 5) is 4.45. The second-order valence-electron chi connectivity index (χ2n) is 7.73. The molecule has 0 spiro atoms. The highest BCUT2D eigenvalue weighted by atomic mass is 32.2. The molecule has 30 heavy (non-hydrogen) atoms. The number of sulfonamides is 1. The van der Waals surface area contributed by atoms with Gasteiger partial charge in [-0.2, -0.15) is 0 Å². The van der Waals surface area contributed by atoms with E-state index < -0.39 is 10.0 Å². The Morgan fingerprint density at radius 2 is 1.60 bits per heavy atom. The lowest BCUT2D eigenvalue weighted by Crippen LogP contribution is -2.36. The van der Waals surface area contributed by atoms with Crippen molar-refractivity contribution in [1.29, 1.82) is 0 Å². The van der Waals surface area contributed by atoms with Gasteiger partial charge in [-0.1, -0.05) is 48.0 Å². The molecule has 156 valence electrons. The highest BCUT2D eigenvalue weighted by molar-refractivity contribution is 7.89. The van der Waals surface area contributed by atoms with Crippen molar-refractivity contribution in [3.63, 3.8) is 0 Å². The van der Waals surface area contributed by atoms with Gasteiger partial charge in [-0.25, -0.2) is 13.1 Å². The van der Waals surface area contributed by atoms with Crippen LogP contribution in [0.5, 0.6) is 0 Å². The van der Waals surface area contributed by atoms with Gasteiger partial charge in [0.25, 0.3) is 0 Å². The number of hydrogen-bond donors (Lipinski definition) is 1. The van der Waals surface area contributed by atoms with Crippen LogP contribution in [0.4, 0.5) is 0 Å². The first-order chi connectivity index (χ1) is 14.5. The predicted octanol–water partition coefficient (Wildman–Crippen LogP) is 4.50. The van der Waals surface area contributed by atoms with Crippen molar-refractivity contribution >= 4 is 10.0 Å². The molecule has 3 aromatic rings. The number of rotatable bonds is 6. The van der Waals surface area contributed by atoms with Crippen LogP contribution in [0.15, 0.2) is 78.0 Å². The molecule has 1 N–H and O–H groups in total. The molecule has 4 rings (SSSR count). The van der Waals surface area contributed by atoms with E-state index >= 15 is 0 Å². The Labute approximate surface area is 178 Å². The Balaban J connectivity index is 1.58. The summed E-state index contributed by atoms with van der Waals surface area (Å²) in [5.74, 6) is 0.171. The smallest absolute Gasteiger partial charge is 0.241 e. The molecule has 1 fully saturated rings. The average molecular weight is 423 g/mol. The predicted molar refractivity (Wildman–Crippen MR) is 117 cm³/mol. The fourth-order valence-corrected chi connectivity index (χ4v) is 5.15. The molecule has 0 aliphatic carbocycles. The van der Waals surface area contributed by atoms with Crippen LogP contribution in [-0.2, 0) is 14.8 Å². The first-order valence-corrected chi connectivity index (χ1v) is 11.7. The normalized spacial score (nSPS) is 16.3. The minimum absolute atomic E-state index is 0.171. The summed E-state index contributed by atoms with van der Waals surface area (Å²) in [5.41, 5.74) is 4.12. The van der Waals surface area contributed by atoms with Gasteiger partial charge in [-0.05, 0) is 60.6 Å². The molecule has 2 aromatic carbocycles. The van der Waals surface area contributed by atoms with Gasteiger partial charge in [0.1, 0.15) is 0 Å². The van der Waals surface area contributed by atoms with Gasteiger partial charge in [0, 0.05) is 25.6 Å². The summed E-state index contributed by atoms with van der Waals surface area (Å²) in [6.45, 7) is 3.34. The molecule has 1 saturated heterocycles. The molecule has 0 bridgehead atoms. The monoisotopic (exact) mass is 422 g/mol. The van der Waals surface area contributed by atoms with Gasteiger partial charge in [0.15, 0.2) is 0 Å². The largest absolute Gasteiger partial charge is 0.381 e. The van der Waals surface area contributed by atoms with Gasteiger partial charge < -0.3 is 4.74 Å². The minimum atomic E-state index is -3.68. The lowest BCUT2D eigenvalue weighted by atomic mass is 9.88. The summed E-state index contributed by atoms with van der Waals surface area (Å²) >= 11 is 0. The summed E-state index contributed by atoms with van der Waals surface area (Å²) < 4.78 is 34.8. The van der Waals surface area contributed by atoms with E-state index in [0.717, 1.165) is 29.5 Å². The Kier molecular flexibility index (Phi) is 6.27. The molecule has 1 atom stereocenters. The minimum Gasteiger partial charge on any atom is -0.381 e. The standard InChI is InChI=1S/C24H26N2O3S/c1-18-4-6-19(7-5-18)20-8-10-23(11-9-20)30(27,28)26-24(21-12-15-29-16-13-21)22-3-2-14-25-17-22/h2-11,14,17,21,24,26H,12-13,15-16H2,1H3. The maximum absolute atomic E-state index is 13.2. The highest BCUT2D eigenvalue weighted by Crippen LogP contribution is 2.31. The molecule has 1 aliphatic heterocycles. The first-order valence-electron chi connectivity index (χ1n) is 10.2.